The van der Waals surface area contributed by atoms with Crippen molar-refractivity contribution in [1.29, 1.82) is 0 Å². The Morgan fingerprint density at radius 3 is 2.68 bits per heavy atom. The number of rotatable bonds is 5. The first-order valence-electron chi connectivity index (χ1n) is 6.24. The SMILES string of the molecule is CCCOc1cccc(C(=O)c2ccccc2Cl)c1. The highest BCUT2D eigenvalue weighted by Crippen LogP contribution is 2.21. The fourth-order valence-corrected chi connectivity index (χ4v) is 1.97. The zero-order valence-electron chi connectivity index (χ0n) is 10.7. The highest BCUT2D eigenvalue weighted by molar-refractivity contribution is 6.34. The van der Waals surface area contributed by atoms with Crippen molar-refractivity contribution in [3.05, 3.63) is 64.7 Å². The van der Waals surface area contributed by atoms with Gasteiger partial charge in [0.2, 0.25) is 0 Å². The van der Waals surface area contributed by atoms with E-state index >= 15 is 0 Å². The molecule has 0 aliphatic rings. The van der Waals surface area contributed by atoms with Crippen LogP contribution in [0.4, 0.5) is 0 Å². The summed E-state index contributed by atoms with van der Waals surface area (Å²) in [4.78, 5) is 12.4. The van der Waals surface area contributed by atoms with Crippen LogP contribution >= 0.6 is 11.6 Å². The lowest BCUT2D eigenvalue weighted by atomic mass is 10.0. The van der Waals surface area contributed by atoms with E-state index in [0.29, 0.717) is 28.5 Å². The molecule has 2 rings (SSSR count). The van der Waals surface area contributed by atoms with Crippen LogP contribution in [0.3, 0.4) is 0 Å². The standard InChI is InChI=1S/C16H15ClO2/c1-2-10-19-13-7-5-6-12(11-13)16(18)14-8-3-4-9-15(14)17/h3-9,11H,2,10H2,1H3. The van der Waals surface area contributed by atoms with Gasteiger partial charge in [-0.1, -0.05) is 42.8 Å². The van der Waals surface area contributed by atoms with E-state index in [1.807, 2.05) is 19.1 Å². The molecule has 0 radical (unpaired) electrons. The van der Waals surface area contributed by atoms with E-state index in [-0.39, 0.29) is 5.78 Å². The van der Waals surface area contributed by atoms with Crippen molar-refractivity contribution < 1.29 is 9.53 Å². The highest BCUT2D eigenvalue weighted by atomic mass is 35.5. The third-order valence-electron chi connectivity index (χ3n) is 2.69. The molecule has 3 heteroatoms. The molecule has 0 amide bonds. The van der Waals surface area contributed by atoms with Crippen LogP contribution in [0.25, 0.3) is 0 Å². The lowest BCUT2D eigenvalue weighted by Gasteiger charge is -2.07. The molecule has 0 aliphatic heterocycles. The van der Waals surface area contributed by atoms with E-state index in [1.54, 1.807) is 36.4 Å². The smallest absolute Gasteiger partial charge is 0.194 e. The molecule has 2 nitrogen and oxygen atoms in total. The predicted molar refractivity (Wildman–Crippen MR) is 77.1 cm³/mol. The molecule has 0 unspecified atom stereocenters. The van der Waals surface area contributed by atoms with Gasteiger partial charge >= 0.3 is 0 Å². The molecule has 0 saturated heterocycles. The molecule has 98 valence electrons. The quantitative estimate of drug-likeness (QED) is 0.757. The van der Waals surface area contributed by atoms with Crippen LogP contribution in [0.5, 0.6) is 5.75 Å². The molecule has 0 atom stereocenters. The van der Waals surface area contributed by atoms with Crippen LogP contribution in [0.2, 0.25) is 5.02 Å². The van der Waals surface area contributed by atoms with Crippen LogP contribution in [0.1, 0.15) is 29.3 Å². The molecular formula is C16H15ClO2. The van der Waals surface area contributed by atoms with Gasteiger partial charge in [0.1, 0.15) is 5.75 Å². The Kier molecular flexibility index (Phi) is 4.58. The van der Waals surface area contributed by atoms with Crippen LogP contribution in [-0.2, 0) is 0 Å². The molecule has 0 N–H and O–H groups in total. The minimum absolute atomic E-state index is 0.0902. The van der Waals surface area contributed by atoms with Crippen molar-refractivity contribution in [3.63, 3.8) is 0 Å². The van der Waals surface area contributed by atoms with Gasteiger partial charge in [-0.3, -0.25) is 4.79 Å². The van der Waals surface area contributed by atoms with Gasteiger partial charge in [-0.15, -0.1) is 0 Å². The number of ether oxygens (including phenoxy) is 1. The third-order valence-corrected chi connectivity index (χ3v) is 3.02. The van der Waals surface area contributed by atoms with Crippen LogP contribution < -0.4 is 4.74 Å². The van der Waals surface area contributed by atoms with Gasteiger partial charge in [0.05, 0.1) is 11.6 Å². The van der Waals surface area contributed by atoms with Gasteiger partial charge in [0.25, 0.3) is 0 Å². The highest BCUT2D eigenvalue weighted by Gasteiger charge is 2.12. The summed E-state index contributed by atoms with van der Waals surface area (Å²) in [5.74, 6) is 0.618. The number of hydrogen-bond donors (Lipinski definition) is 0. The first kappa shape index (κ1) is 13.6. The fourth-order valence-electron chi connectivity index (χ4n) is 1.75. The summed E-state index contributed by atoms with van der Waals surface area (Å²) in [5, 5.41) is 0.465. The van der Waals surface area contributed by atoms with Crippen molar-refractivity contribution in [1.82, 2.24) is 0 Å². The second-order valence-electron chi connectivity index (χ2n) is 4.19. The second kappa shape index (κ2) is 6.39. The Morgan fingerprint density at radius 1 is 1.16 bits per heavy atom. The van der Waals surface area contributed by atoms with Gasteiger partial charge in [-0.2, -0.15) is 0 Å². The van der Waals surface area contributed by atoms with Gasteiger partial charge in [-0.25, -0.2) is 0 Å². The number of halogens is 1. The summed E-state index contributed by atoms with van der Waals surface area (Å²) >= 11 is 6.04. The zero-order valence-corrected chi connectivity index (χ0v) is 11.5. The minimum Gasteiger partial charge on any atom is -0.494 e. The molecule has 0 spiro atoms. The molecule has 2 aromatic carbocycles. The van der Waals surface area contributed by atoms with Crippen molar-refractivity contribution in [3.8, 4) is 5.75 Å². The summed E-state index contributed by atoms with van der Waals surface area (Å²) < 4.78 is 5.53. The number of hydrogen-bond acceptors (Lipinski definition) is 2. The molecule has 0 heterocycles. The maximum absolute atomic E-state index is 12.4. The Balaban J connectivity index is 2.27. The maximum atomic E-state index is 12.4. The van der Waals surface area contributed by atoms with Crippen molar-refractivity contribution in [2.75, 3.05) is 6.61 Å². The third kappa shape index (κ3) is 3.36. The molecular weight excluding hydrogens is 260 g/mol. The molecule has 0 aromatic heterocycles. The largest absolute Gasteiger partial charge is 0.494 e. The summed E-state index contributed by atoms with van der Waals surface area (Å²) in [5.41, 5.74) is 1.10. The Bertz CT molecular complexity index is 578. The van der Waals surface area contributed by atoms with Crippen LogP contribution in [-0.4, -0.2) is 12.4 Å². The van der Waals surface area contributed by atoms with Crippen LogP contribution in [0.15, 0.2) is 48.5 Å². The number of carbonyl (C=O) groups is 1. The Morgan fingerprint density at radius 2 is 1.95 bits per heavy atom. The van der Waals surface area contributed by atoms with Crippen LogP contribution in [0, 0.1) is 0 Å². The van der Waals surface area contributed by atoms with E-state index in [0.717, 1.165) is 6.42 Å². The zero-order chi connectivity index (χ0) is 13.7. The molecule has 2 aromatic rings. The Labute approximate surface area is 118 Å². The average Bonchev–Trinajstić information content (AvgIpc) is 2.45. The minimum atomic E-state index is -0.0902. The number of ketones is 1. The summed E-state index contributed by atoms with van der Waals surface area (Å²) in [6, 6.07) is 14.2. The molecule has 19 heavy (non-hydrogen) atoms. The monoisotopic (exact) mass is 274 g/mol. The first-order valence-corrected chi connectivity index (χ1v) is 6.62. The molecule has 0 aliphatic carbocycles. The molecule has 0 saturated carbocycles. The molecule has 0 bridgehead atoms. The van der Waals surface area contributed by atoms with Crippen molar-refractivity contribution in [2.24, 2.45) is 0 Å². The van der Waals surface area contributed by atoms with E-state index < -0.39 is 0 Å². The molecule has 0 fully saturated rings. The lowest BCUT2D eigenvalue weighted by molar-refractivity contribution is 0.103. The van der Waals surface area contributed by atoms with E-state index in [2.05, 4.69) is 0 Å². The van der Waals surface area contributed by atoms with Gasteiger partial charge in [0, 0.05) is 11.1 Å². The second-order valence-corrected chi connectivity index (χ2v) is 4.59. The van der Waals surface area contributed by atoms with Crippen molar-refractivity contribution in [2.45, 2.75) is 13.3 Å². The van der Waals surface area contributed by atoms with Gasteiger partial charge in [0.15, 0.2) is 5.78 Å². The van der Waals surface area contributed by atoms with E-state index in [9.17, 15) is 4.79 Å². The average molecular weight is 275 g/mol. The fraction of sp³-hybridized carbons (Fsp3) is 0.188. The maximum Gasteiger partial charge on any atom is 0.194 e. The lowest BCUT2D eigenvalue weighted by Crippen LogP contribution is -2.03. The van der Waals surface area contributed by atoms with E-state index in [1.165, 1.54) is 0 Å². The van der Waals surface area contributed by atoms with Crippen molar-refractivity contribution >= 4 is 17.4 Å². The van der Waals surface area contributed by atoms with E-state index in [4.69, 9.17) is 16.3 Å². The van der Waals surface area contributed by atoms with Gasteiger partial charge in [-0.05, 0) is 30.7 Å². The topological polar surface area (TPSA) is 26.3 Å². The van der Waals surface area contributed by atoms with Gasteiger partial charge < -0.3 is 4.74 Å². The summed E-state index contributed by atoms with van der Waals surface area (Å²) in [7, 11) is 0. The summed E-state index contributed by atoms with van der Waals surface area (Å²) in [6.07, 6.45) is 0.933. The predicted octanol–water partition coefficient (Wildman–Crippen LogP) is 4.36. The Hall–Kier alpha value is -1.80. The number of carbonyl (C=O) groups excluding carboxylic acids is 1. The first-order chi connectivity index (χ1) is 9.22. The summed E-state index contributed by atoms with van der Waals surface area (Å²) in [6.45, 7) is 2.68. The normalized spacial score (nSPS) is 10.2. The number of benzene rings is 2.